The van der Waals surface area contributed by atoms with E-state index < -0.39 is 10.0 Å². The number of sulfonamides is 1. The van der Waals surface area contributed by atoms with E-state index >= 15 is 0 Å². The van der Waals surface area contributed by atoms with Crippen molar-refractivity contribution in [1.29, 1.82) is 0 Å². The number of rotatable bonds is 3. The molecule has 1 aromatic carbocycles. The summed E-state index contributed by atoms with van der Waals surface area (Å²) in [5.74, 6) is -0.219. The van der Waals surface area contributed by atoms with Gasteiger partial charge in [0.05, 0.1) is 14.9 Å². The number of cyclic esters (lactones) is 1. The number of ether oxygens (including phenoxy) is 1. The summed E-state index contributed by atoms with van der Waals surface area (Å²) in [7, 11) is -3.63. The van der Waals surface area contributed by atoms with Crippen LogP contribution in [0, 0.1) is 0 Å². The van der Waals surface area contributed by atoms with Crippen LogP contribution in [0.4, 0.5) is 0 Å². The molecule has 2 fully saturated rings. The number of piperazine rings is 1. The van der Waals surface area contributed by atoms with Gasteiger partial charge in [0.1, 0.15) is 12.1 Å². The highest BCUT2D eigenvalue weighted by Gasteiger charge is 2.39. The van der Waals surface area contributed by atoms with Crippen molar-refractivity contribution in [3.8, 4) is 0 Å². The van der Waals surface area contributed by atoms with E-state index in [0.29, 0.717) is 37.6 Å². The Balaban J connectivity index is 1.69. The van der Waals surface area contributed by atoms with Crippen LogP contribution in [-0.2, 0) is 19.6 Å². The molecule has 2 aliphatic rings. The normalized spacial score (nSPS) is 26.5. The maximum atomic E-state index is 12.7. The summed E-state index contributed by atoms with van der Waals surface area (Å²) in [6.45, 7) is 3.49. The zero-order valence-corrected chi connectivity index (χ0v) is 15.4. The summed E-state index contributed by atoms with van der Waals surface area (Å²) >= 11 is 11.8. The van der Waals surface area contributed by atoms with Gasteiger partial charge >= 0.3 is 5.97 Å². The van der Waals surface area contributed by atoms with Gasteiger partial charge in [-0.25, -0.2) is 8.42 Å². The Hall–Kier alpha value is -0.860. The lowest BCUT2D eigenvalue weighted by Gasteiger charge is -2.35. The van der Waals surface area contributed by atoms with Crippen LogP contribution < -0.4 is 0 Å². The van der Waals surface area contributed by atoms with E-state index in [1.54, 1.807) is 0 Å². The van der Waals surface area contributed by atoms with Crippen molar-refractivity contribution >= 4 is 39.2 Å². The lowest BCUT2D eigenvalue weighted by atomic mass is 10.1. The van der Waals surface area contributed by atoms with E-state index in [0.717, 1.165) is 0 Å². The molecule has 2 aliphatic heterocycles. The summed E-state index contributed by atoms with van der Waals surface area (Å²) < 4.78 is 32.0. The zero-order chi connectivity index (χ0) is 17.5. The van der Waals surface area contributed by atoms with Crippen molar-refractivity contribution < 1.29 is 17.9 Å². The van der Waals surface area contributed by atoms with E-state index in [1.807, 2.05) is 11.8 Å². The molecule has 0 spiro atoms. The first-order chi connectivity index (χ1) is 11.3. The molecule has 3 rings (SSSR count). The average molecular weight is 393 g/mol. The third kappa shape index (κ3) is 3.41. The maximum Gasteiger partial charge on any atom is 0.323 e. The predicted octanol–water partition coefficient (Wildman–Crippen LogP) is 2.00. The van der Waals surface area contributed by atoms with Crippen molar-refractivity contribution in [3.63, 3.8) is 0 Å². The minimum atomic E-state index is -3.63. The summed E-state index contributed by atoms with van der Waals surface area (Å²) in [6, 6.07) is 4.02. The number of benzene rings is 1. The van der Waals surface area contributed by atoms with Gasteiger partial charge in [-0.05, 0) is 25.1 Å². The van der Waals surface area contributed by atoms with E-state index in [2.05, 4.69) is 0 Å². The molecule has 0 bridgehead atoms. The van der Waals surface area contributed by atoms with Gasteiger partial charge in [0, 0.05) is 32.6 Å². The van der Waals surface area contributed by atoms with Crippen molar-refractivity contribution in [3.05, 3.63) is 28.2 Å². The molecule has 0 N–H and O–H groups in total. The largest absolute Gasteiger partial charge is 0.461 e. The molecule has 0 saturated carbocycles. The first-order valence-electron chi connectivity index (χ1n) is 7.69. The molecule has 2 heterocycles. The molecule has 2 atom stereocenters. The number of carbonyl (C=O) groups excluding carboxylic acids is 1. The number of carbonyl (C=O) groups is 1. The second-order valence-electron chi connectivity index (χ2n) is 6.01. The van der Waals surface area contributed by atoms with Crippen LogP contribution in [0.2, 0.25) is 10.0 Å². The molecule has 0 aliphatic carbocycles. The van der Waals surface area contributed by atoms with Gasteiger partial charge < -0.3 is 4.74 Å². The molecule has 1 aromatic rings. The Morgan fingerprint density at radius 1 is 1.12 bits per heavy atom. The maximum absolute atomic E-state index is 12.7. The second-order valence-corrected chi connectivity index (χ2v) is 8.77. The van der Waals surface area contributed by atoms with E-state index in [4.69, 9.17) is 27.9 Å². The lowest BCUT2D eigenvalue weighted by molar-refractivity contribution is -0.145. The quantitative estimate of drug-likeness (QED) is 0.735. The Bertz CT molecular complexity index is 748. The summed E-state index contributed by atoms with van der Waals surface area (Å²) in [5, 5.41) is 0.522. The van der Waals surface area contributed by atoms with Gasteiger partial charge in [0.15, 0.2) is 0 Å². The number of halogens is 2. The fourth-order valence-electron chi connectivity index (χ4n) is 3.08. The van der Waals surface area contributed by atoms with Crippen LogP contribution in [0.25, 0.3) is 0 Å². The average Bonchev–Trinajstić information content (AvgIpc) is 2.88. The van der Waals surface area contributed by atoms with Crippen molar-refractivity contribution in [2.24, 2.45) is 0 Å². The SMILES string of the molecule is CC1CC(N2CCN(S(=O)(=O)c3ccc(Cl)c(Cl)c3)CC2)C(=O)O1. The van der Waals surface area contributed by atoms with Gasteiger partial charge in [0.25, 0.3) is 0 Å². The van der Waals surface area contributed by atoms with E-state index in [1.165, 1.54) is 22.5 Å². The Morgan fingerprint density at radius 2 is 1.79 bits per heavy atom. The molecule has 0 radical (unpaired) electrons. The zero-order valence-electron chi connectivity index (χ0n) is 13.1. The molecule has 9 heteroatoms. The Kier molecular flexibility index (Phi) is 5.09. The van der Waals surface area contributed by atoms with E-state index in [9.17, 15) is 13.2 Å². The van der Waals surface area contributed by atoms with Gasteiger partial charge in [0.2, 0.25) is 10.0 Å². The van der Waals surface area contributed by atoms with Gasteiger partial charge in [-0.2, -0.15) is 4.31 Å². The predicted molar refractivity (Wildman–Crippen MR) is 90.8 cm³/mol. The van der Waals surface area contributed by atoms with Crippen molar-refractivity contribution in [1.82, 2.24) is 9.21 Å². The minimum Gasteiger partial charge on any atom is -0.461 e. The molecule has 0 aromatic heterocycles. The molecular weight excluding hydrogens is 375 g/mol. The third-order valence-corrected chi connectivity index (χ3v) is 7.02. The Morgan fingerprint density at radius 3 is 2.33 bits per heavy atom. The van der Waals surface area contributed by atoms with Crippen LogP contribution in [0.5, 0.6) is 0 Å². The van der Waals surface area contributed by atoms with Gasteiger partial charge in [-0.3, -0.25) is 9.69 Å². The molecular formula is C15H18Cl2N2O4S. The molecule has 2 unspecified atom stereocenters. The van der Waals surface area contributed by atoms with Crippen LogP contribution in [0.15, 0.2) is 23.1 Å². The number of nitrogens with zero attached hydrogens (tertiary/aromatic N) is 2. The molecule has 6 nitrogen and oxygen atoms in total. The smallest absolute Gasteiger partial charge is 0.323 e. The van der Waals surface area contributed by atoms with Crippen LogP contribution in [0.3, 0.4) is 0 Å². The van der Waals surface area contributed by atoms with Crippen LogP contribution in [0.1, 0.15) is 13.3 Å². The highest BCUT2D eigenvalue weighted by Crippen LogP contribution is 2.28. The fourth-order valence-corrected chi connectivity index (χ4v) is 4.89. The topological polar surface area (TPSA) is 66.9 Å². The first kappa shape index (κ1) is 17.9. The van der Waals surface area contributed by atoms with Crippen LogP contribution >= 0.6 is 23.2 Å². The van der Waals surface area contributed by atoms with Crippen molar-refractivity contribution in [2.75, 3.05) is 26.2 Å². The minimum absolute atomic E-state index is 0.0829. The lowest BCUT2D eigenvalue weighted by Crippen LogP contribution is -2.53. The summed E-state index contributed by atoms with van der Waals surface area (Å²) in [5.41, 5.74) is 0. The Labute approximate surface area is 151 Å². The second kappa shape index (κ2) is 6.80. The first-order valence-corrected chi connectivity index (χ1v) is 9.88. The number of hydrogen-bond acceptors (Lipinski definition) is 5. The summed E-state index contributed by atoms with van der Waals surface area (Å²) in [4.78, 5) is 13.9. The van der Waals surface area contributed by atoms with E-state index in [-0.39, 0.29) is 28.0 Å². The van der Waals surface area contributed by atoms with Gasteiger partial charge in [-0.1, -0.05) is 23.2 Å². The number of esters is 1. The standard InChI is InChI=1S/C15H18Cl2N2O4S/c1-10-8-14(15(20)23-10)18-4-6-19(7-5-18)24(21,22)11-2-3-12(16)13(17)9-11/h2-3,9-10,14H,4-8H2,1H3. The third-order valence-electron chi connectivity index (χ3n) is 4.39. The molecule has 24 heavy (non-hydrogen) atoms. The number of hydrogen-bond donors (Lipinski definition) is 0. The highest BCUT2D eigenvalue weighted by atomic mass is 35.5. The molecule has 132 valence electrons. The highest BCUT2D eigenvalue weighted by molar-refractivity contribution is 7.89. The molecule has 2 saturated heterocycles. The monoisotopic (exact) mass is 392 g/mol. The summed E-state index contributed by atoms with van der Waals surface area (Å²) in [6.07, 6.45) is 0.568. The van der Waals surface area contributed by atoms with Gasteiger partial charge in [-0.15, -0.1) is 0 Å². The van der Waals surface area contributed by atoms with Crippen LogP contribution in [-0.4, -0.2) is 61.9 Å². The van der Waals surface area contributed by atoms with Crippen molar-refractivity contribution in [2.45, 2.75) is 30.4 Å². The fraction of sp³-hybridized carbons (Fsp3) is 0.533. The molecule has 0 amide bonds.